The van der Waals surface area contributed by atoms with Crippen molar-refractivity contribution in [2.24, 2.45) is 0 Å². The normalized spacial score (nSPS) is 11.0. The lowest BCUT2D eigenvalue weighted by atomic mass is 10.1. The number of rotatable bonds is 9. The molecule has 0 aromatic carbocycles. The van der Waals surface area contributed by atoms with Crippen molar-refractivity contribution in [3.63, 3.8) is 0 Å². The molecule has 0 unspecified atom stereocenters. The predicted octanol–water partition coefficient (Wildman–Crippen LogP) is 4.45. The first-order chi connectivity index (χ1) is 6.77. The maximum absolute atomic E-state index is 10.4. The second-order valence-corrected chi connectivity index (χ2v) is 3.99. The molecule has 0 fully saturated rings. The molecule has 0 spiro atoms. The van der Waals surface area contributed by atoms with Gasteiger partial charge in [-0.1, -0.05) is 38.3 Å². The molecule has 0 aromatic rings. The lowest BCUT2D eigenvalue weighted by Crippen LogP contribution is -1.85. The zero-order valence-corrected chi connectivity index (χ0v) is 9.85. The van der Waals surface area contributed by atoms with Crippen molar-refractivity contribution in [3.8, 4) is 0 Å². The predicted molar refractivity (Wildman–Crippen MR) is 62.6 cm³/mol. The minimum Gasteiger partial charge on any atom is -0.281 e. The van der Waals surface area contributed by atoms with Crippen molar-refractivity contribution in [1.29, 1.82) is 0 Å². The van der Waals surface area contributed by atoms with Crippen LogP contribution in [-0.4, -0.2) is 5.24 Å². The van der Waals surface area contributed by atoms with Gasteiger partial charge in [-0.2, -0.15) is 0 Å². The van der Waals surface area contributed by atoms with Gasteiger partial charge in [-0.3, -0.25) is 4.79 Å². The Morgan fingerprint density at radius 1 is 1.07 bits per heavy atom. The molecule has 0 saturated heterocycles. The molecule has 0 aliphatic rings. The first kappa shape index (κ1) is 13.7. The molecule has 0 amide bonds. The lowest BCUT2D eigenvalue weighted by Gasteiger charge is -1.95. The molecular weight excluding hydrogens is 196 g/mol. The molecule has 0 radical (unpaired) electrons. The van der Waals surface area contributed by atoms with Crippen LogP contribution in [0.25, 0.3) is 0 Å². The van der Waals surface area contributed by atoms with Crippen LogP contribution in [0.4, 0.5) is 0 Å². The first-order valence-electron chi connectivity index (χ1n) is 5.60. The second kappa shape index (κ2) is 10.8. The van der Waals surface area contributed by atoms with Gasteiger partial charge >= 0.3 is 0 Å². The van der Waals surface area contributed by atoms with E-state index in [-0.39, 0.29) is 5.24 Å². The number of unbranched alkanes of at least 4 members (excludes halogenated alkanes) is 5. The van der Waals surface area contributed by atoms with Crippen molar-refractivity contribution < 1.29 is 4.79 Å². The summed E-state index contributed by atoms with van der Waals surface area (Å²) >= 11 is 5.22. The van der Waals surface area contributed by atoms with E-state index < -0.39 is 0 Å². The van der Waals surface area contributed by atoms with Gasteiger partial charge in [0.15, 0.2) is 0 Å². The van der Waals surface area contributed by atoms with Crippen molar-refractivity contribution in [1.82, 2.24) is 0 Å². The first-order valence-corrected chi connectivity index (χ1v) is 5.98. The summed E-state index contributed by atoms with van der Waals surface area (Å²) in [4.78, 5) is 10.4. The highest BCUT2D eigenvalue weighted by Crippen LogP contribution is 2.06. The minimum absolute atomic E-state index is 0.205. The molecule has 0 heterocycles. The highest BCUT2D eigenvalue weighted by atomic mass is 35.5. The van der Waals surface area contributed by atoms with E-state index in [9.17, 15) is 4.79 Å². The molecule has 14 heavy (non-hydrogen) atoms. The Morgan fingerprint density at radius 2 is 1.71 bits per heavy atom. The molecule has 0 aliphatic heterocycles. The minimum atomic E-state index is -0.205. The average Bonchev–Trinajstić information content (AvgIpc) is 2.15. The van der Waals surface area contributed by atoms with E-state index in [1.165, 1.54) is 25.7 Å². The molecule has 82 valence electrons. The summed E-state index contributed by atoms with van der Waals surface area (Å²) < 4.78 is 0. The van der Waals surface area contributed by atoms with Gasteiger partial charge in [0.2, 0.25) is 5.24 Å². The summed E-state index contributed by atoms with van der Waals surface area (Å²) in [7, 11) is 0. The molecule has 0 atom stereocenters. The average molecular weight is 217 g/mol. The number of hydrogen-bond acceptors (Lipinski definition) is 1. The smallest absolute Gasteiger partial charge is 0.221 e. The SMILES string of the molecule is CCCCC=CCCCCCC(=O)Cl. The standard InChI is InChI=1S/C12H21ClO/c1-2-3-4-5-6-7-8-9-10-11-12(13)14/h5-6H,2-4,7-11H2,1H3. The quantitative estimate of drug-likeness (QED) is 0.316. The van der Waals surface area contributed by atoms with Crippen LogP contribution in [-0.2, 0) is 4.79 Å². The fraction of sp³-hybridized carbons (Fsp3) is 0.750. The Bertz CT molecular complexity index is 164. The van der Waals surface area contributed by atoms with Crippen LogP contribution in [0.3, 0.4) is 0 Å². The molecule has 0 rings (SSSR count). The van der Waals surface area contributed by atoms with Gasteiger partial charge in [0.25, 0.3) is 0 Å². The number of allylic oxidation sites excluding steroid dienone is 2. The third-order valence-corrected chi connectivity index (χ3v) is 2.32. The summed E-state index contributed by atoms with van der Waals surface area (Å²) in [5, 5.41) is -0.205. The highest BCUT2D eigenvalue weighted by Gasteiger charge is 1.94. The van der Waals surface area contributed by atoms with Crippen LogP contribution in [0.1, 0.15) is 58.3 Å². The summed E-state index contributed by atoms with van der Waals surface area (Å²) in [5.41, 5.74) is 0. The Morgan fingerprint density at radius 3 is 2.29 bits per heavy atom. The van der Waals surface area contributed by atoms with E-state index in [0.717, 1.165) is 19.3 Å². The van der Waals surface area contributed by atoms with E-state index in [2.05, 4.69) is 19.1 Å². The topological polar surface area (TPSA) is 17.1 Å². The molecule has 0 bridgehead atoms. The van der Waals surface area contributed by atoms with Crippen molar-refractivity contribution in [2.75, 3.05) is 0 Å². The Hall–Kier alpha value is -0.300. The number of carbonyl (C=O) groups excluding carboxylic acids is 1. The van der Waals surface area contributed by atoms with E-state index >= 15 is 0 Å². The van der Waals surface area contributed by atoms with Gasteiger partial charge in [0.1, 0.15) is 0 Å². The van der Waals surface area contributed by atoms with Gasteiger partial charge in [-0.05, 0) is 37.3 Å². The van der Waals surface area contributed by atoms with Gasteiger partial charge in [-0.25, -0.2) is 0 Å². The molecule has 0 N–H and O–H groups in total. The van der Waals surface area contributed by atoms with Crippen LogP contribution in [0.2, 0.25) is 0 Å². The fourth-order valence-electron chi connectivity index (χ4n) is 1.26. The molecule has 2 heteroatoms. The van der Waals surface area contributed by atoms with Crippen molar-refractivity contribution in [2.45, 2.75) is 58.3 Å². The fourth-order valence-corrected chi connectivity index (χ4v) is 1.39. The maximum atomic E-state index is 10.4. The van der Waals surface area contributed by atoms with Crippen LogP contribution >= 0.6 is 11.6 Å². The van der Waals surface area contributed by atoms with E-state index in [4.69, 9.17) is 11.6 Å². The third kappa shape index (κ3) is 11.7. The zero-order valence-electron chi connectivity index (χ0n) is 9.10. The number of hydrogen-bond donors (Lipinski definition) is 0. The number of carbonyl (C=O) groups is 1. The van der Waals surface area contributed by atoms with Crippen LogP contribution in [0, 0.1) is 0 Å². The van der Waals surface area contributed by atoms with E-state index in [0.29, 0.717) is 6.42 Å². The van der Waals surface area contributed by atoms with Crippen LogP contribution < -0.4 is 0 Å². The Kier molecular flexibility index (Phi) is 10.5. The molecule has 0 aliphatic carbocycles. The van der Waals surface area contributed by atoms with Gasteiger partial charge in [-0.15, -0.1) is 0 Å². The third-order valence-electron chi connectivity index (χ3n) is 2.14. The van der Waals surface area contributed by atoms with Crippen LogP contribution in [0.5, 0.6) is 0 Å². The molecule has 0 saturated carbocycles. The molecular formula is C12H21ClO. The van der Waals surface area contributed by atoms with Gasteiger partial charge in [0.05, 0.1) is 0 Å². The maximum Gasteiger partial charge on any atom is 0.221 e. The molecule has 1 nitrogen and oxygen atoms in total. The second-order valence-electron chi connectivity index (χ2n) is 3.57. The summed E-state index contributed by atoms with van der Waals surface area (Å²) in [6.45, 7) is 2.21. The zero-order chi connectivity index (χ0) is 10.6. The largest absolute Gasteiger partial charge is 0.281 e. The monoisotopic (exact) mass is 216 g/mol. The Labute approximate surface area is 92.5 Å². The lowest BCUT2D eigenvalue weighted by molar-refractivity contribution is -0.111. The van der Waals surface area contributed by atoms with Crippen LogP contribution in [0.15, 0.2) is 12.2 Å². The Balaban J connectivity index is 3.05. The summed E-state index contributed by atoms with van der Waals surface area (Å²) in [6.07, 6.45) is 13.2. The highest BCUT2D eigenvalue weighted by molar-refractivity contribution is 6.63. The molecule has 0 aromatic heterocycles. The van der Waals surface area contributed by atoms with Gasteiger partial charge < -0.3 is 0 Å². The van der Waals surface area contributed by atoms with E-state index in [1.54, 1.807) is 0 Å². The summed E-state index contributed by atoms with van der Waals surface area (Å²) in [5.74, 6) is 0. The van der Waals surface area contributed by atoms with Crippen molar-refractivity contribution >= 4 is 16.8 Å². The number of halogens is 1. The summed E-state index contributed by atoms with van der Waals surface area (Å²) in [6, 6.07) is 0. The van der Waals surface area contributed by atoms with E-state index in [1.807, 2.05) is 0 Å². The van der Waals surface area contributed by atoms with Gasteiger partial charge in [0, 0.05) is 6.42 Å². The van der Waals surface area contributed by atoms with Crippen molar-refractivity contribution in [3.05, 3.63) is 12.2 Å².